The van der Waals surface area contributed by atoms with Crippen LogP contribution in [0.3, 0.4) is 0 Å². The van der Waals surface area contributed by atoms with Crippen molar-refractivity contribution in [1.82, 2.24) is 5.32 Å². The first kappa shape index (κ1) is 12.0. The Morgan fingerprint density at radius 2 is 2.41 bits per heavy atom. The molecule has 90 valence electrons. The number of benzene rings is 1. The first-order valence-corrected chi connectivity index (χ1v) is 5.99. The zero-order valence-corrected chi connectivity index (χ0v) is 10.4. The number of halogens is 1. The quantitative estimate of drug-likeness (QED) is 0.648. The number of carbonyl (C=O) groups excluding carboxylic acids is 1. The Morgan fingerprint density at radius 3 is 3.18 bits per heavy atom. The van der Waals surface area contributed by atoms with Crippen molar-refractivity contribution in [3.05, 3.63) is 40.4 Å². The summed E-state index contributed by atoms with van der Waals surface area (Å²) in [6, 6.07) is 5.74. The van der Waals surface area contributed by atoms with Crippen molar-refractivity contribution in [1.29, 1.82) is 0 Å². The number of ether oxygens (including phenoxy) is 1. The summed E-state index contributed by atoms with van der Waals surface area (Å²) in [5, 5.41) is 3.86. The van der Waals surface area contributed by atoms with E-state index < -0.39 is 0 Å². The molecule has 1 aromatic carbocycles. The van der Waals surface area contributed by atoms with Crippen molar-refractivity contribution in [3.63, 3.8) is 0 Å². The van der Waals surface area contributed by atoms with E-state index in [2.05, 4.69) is 5.32 Å². The molecule has 0 atom stereocenters. The van der Waals surface area contributed by atoms with Gasteiger partial charge in [-0.05, 0) is 31.0 Å². The normalized spacial score (nSPS) is 16.2. The van der Waals surface area contributed by atoms with Gasteiger partial charge in [0, 0.05) is 28.9 Å². The Bertz CT molecular complexity index is 468. The fourth-order valence-electron chi connectivity index (χ4n) is 1.88. The highest BCUT2D eigenvalue weighted by Crippen LogP contribution is 2.25. The van der Waals surface area contributed by atoms with Crippen LogP contribution in [-0.4, -0.2) is 19.1 Å². The van der Waals surface area contributed by atoms with Gasteiger partial charge in [-0.25, -0.2) is 4.79 Å². The molecule has 0 aliphatic carbocycles. The Labute approximate surface area is 105 Å². The molecule has 4 heteroatoms. The standard InChI is InChI=1S/C13H14ClNO2/c1-2-17-13(16)8-12-11-7-10(14)4-3-9(11)5-6-15-12/h3-4,7-8,15H,2,5-6H2,1H3/b12-8+. The Balaban J connectivity index is 2.33. The number of fused-ring (bicyclic) bond motifs is 1. The number of esters is 1. The summed E-state index contributed by atoms with van der Waals surface area (Å²) < 4.78 is 4.90. The molecule has 3 nitrogen and oxygen atoms in total. The second-order valence-electron chi connectivity index (χ2n) is 3.79. The predicted molar refractivity (Wildman–Crippen MR) is 67.8 cm³/mol. The third-order valence-corrected chi connectivity index (χ3v) is 2.86. The number of carbonyl (C=O) groups is 1. The highest BCUT2D eigenvalue weighted by Gasteiger charge is 2.15. The van der Waals surface area contributed by atoms with Crippen LogP contribution in [-0.2, 0) is 16.0 Å². The fraction of sp³-hybridized carbons (Fsp3) is 0.308. The maximum Gasteiger partial charge on any atom is 0.332 e. The summed E-state index contributed by atoms with van der Waals surface area (Å²) >= 11 is 5.97. The van der Waals surface area contributed by atoms with Crippen LogP contribution in [0.5, 0.6) is 0 Å². The largest absolute Gasteiger partial charge is 0.463 e. The molecule has 0 saturated heterocycles. The smallest absolute Gasteiger partial charge is 0.332 e. The maximum absolute atomic E-state index is 11.4. The van der Waals surface area contributed by atoms with Gasteiger partial charge in [0.25, 0.3) is 0 Å². The molecule has 1 aromatic rings. The van der Waals surface area contributed by atoms with Gasteiger partial charge >= 0.3 is 5.97 Å². The van der Waals surface area contributed by atoms with E-state index >= 15 is 0 Å². The maximum atomic E-state index is 11.4. The molecular weight excluding hydrogens is 238 g/mol. The van der Waals surface area contributed by atoms with Crippen molar-refractivity contribution in [2.75, 3.05) is 13.2 Å². The highest BCUT2D eigenvalue weighted by molar-refractivity contribution is 6.30. The van der Waals surface area contributed by atoms with Gasteiger partial charge in [-0.3, -0.25) is 0 Å². The molecule has 1 aliphatic rings. The molecule has 1 N–H and O–H groups in total. The molecule has 0 amide bonds. The molecule has 0 fully saturated rings. The van der Waals surface area contributed by atoms with E-state index in [1.54, 1.807) is 6.92 Å². The summed E-state index contributed by atoms with van der Waals surface area (Å²) in [5.74, 6) is -0.331. The van der Waals surface area contributed by atoms with Crippen molar-refractivity contribution >= 4 is 23.3 Å². The lowest BCUT2D eigenvalue weighted by molar-refractivity contribution is -0.137. The molecule has 0 radical (unpaired) electrons. The van der Waals surface area contributed by atoms with Gasteiger partial charge in [-0.15, -0.1) is 0 Å². The van der Waals surface area contributed by atoms with E-state index in [0.717, 1.165) is 24.2 Å². The van der Waals surface area contributed by atoms with Gasteiger partial charge in [-0.2, -0.15) is 0 Å². The fourth-order valence-corrected chi connectivity index (χ4v) is 2.05. The number of hydrogen-bond acceptors (Lipinski definition) is 3. The van der Waals surface area contributed by atoms with Crippen LogP contribution in [0.1, 0.15) is 18.1 Å². The zero-order chi connectivity index (χ0) is 12.3. The summed E-state index contributed by atoms with van der Waals surface area (Å²) in [4.78, 5) is 11.4. The molecule has 0 bridgehead atoms. The lowest BCUT2D eigenvalue weighted by Gasteiger charge is -2.21. The Hall–Kier alpha value is -1.48. The van der Waals surface area contributed by atoms with Crippen LogP contribution in [0.2, 0.25) is 5.02 Å². The van der Waals surface area contributed by atoms with Crippen LogP contribution >= 0.6 is 11.6 Å². The zero-order valence-electron chi connectivity index (χ0n) is 9.63. The van der Waals surface area contributed by atoms with Crippen molar-refractivity contribution in [3.8, 4) is 0 Å². The first-order chi connectivity index (χ1) is 8.20. The van der Waals surface area contributed by atoms with E-state index in [-0.39, 0.29) is 5.97 Å². The van der Waals surface area contributed by atoms with E-state index in [0.29, 0.717) is 11.6 Å². The molecule has 1 aliphatic heterocycles. The lowest BCUT2D eigenvalue weighted by Crippen LogP contribution is -2.23. The van der Waals surface area contributed by atoms with Crippen LogP contribution < -0.4 is 5.32 Å². The average molecular weight is 252 g/mol. The third kappa shape index (κ3) is 2.80. The lowest BCUT2D eigenvalue weighted by atomic mass is 9.98. The molecule has 1 heterocycles. The van der Waals surface area contributed by atoms with E-state index in [1.807, 2.05) is 18.2 Å². The van der Waals surface area contributed by atoms with Crippen molar-refractivity contribution < 1.29 is 9.53 Å². The van der Waals surface area contributed by atoms with Gasteiger partial charge in [0.15, 0.2) is 0 Å². The van der Waals surface area contributed by atoms with E-state index in [9.17, 15) is 4.79 Å². The van der Waals surface area contributed by atoms with Crippen LogP contribution in [0.25, 0.3) is 5.70 Å². The monoisotopic (exact) mass is 251 g/mol. The topological polar surface area (TPSA) is 38.3 Å². The van der Waals surface area contributed by atoms with Crippen LogP contribution in [0.4, 0.5) is 0 Å². The van der Waals surface area contributed by atoms with Gasteiger partial charge in [0.05, 0.1) is 6.61 Å². The summed E-state index contributed by atoms with van der Waals surface area (Å²) in [6.45, 7) is 2.99. The minimum Gasteiger partial charge on any atom is -0.463 e. The van der Waals surface area contributed by atoms with Crippen LogP contribution in [0, 0.1) is 0 Å². The summed E-state index contributed by atoms with van der Waals surface area (Å²) in [5.41, 5.74) is 2.97. The first-order valence-electron chi connectivity index (χ1n) is 5.62. The molecule has 0 spiro atoms. The molecule has 0 aromatic heterocycles. The van der Waals surface area contributed by atoms with Gasteiger partial charge in [0.1, 0.15) is 0 Å². The second kappa shape index (κ2) is 5.23. The summed E-state index contributed by atoms with van der Waals surface area (Å²) in [6.07, 6.45) is 2.42. The van der Waals surface area contributed by atoms with E-state index in [4.69, 9.17) is 16.3 Å². The molecule has 2 rings (SSSR count). The van der Waals surface area contributed by atoms with Gasteiger partial charge in [-0.1, -0.05) is 17.7 Å². The number of hydrogen-bond donors (Lipinski definition) is 1. The number of rotatable bonds is 2. The molecule has 17 heavy (non-hydrogen) atoms. The second-order valence-corrected chi connectivity index (χ2v) is 4.22. The minimum atomic E-state index is -0.331. The van der Waals surface area contributed by atoms with Gasteiger partial charge in [0.2, 0.25) is 0 Å². The Kier molecular flexibility index (Phi) is 3.69. The molecule has 0 unspecified atom stereocenters. The predicted octanol–water partition coefficient (Wildman–Crippen LogP) is 2.39. The molecular formula is C13H14ClNO2. The van der Waals surface area contributed by atoms with E-state index in [1.165, 1.54) is 11.6 Å². The average Bonchev–Trinajstić information content (AvgIpc) is 2.30. The van der Waals surface area contributed by atoms with Gasteiger partial charge < -0.3 is 10.1 Å². The Morgan fingerprint density at radius 1 is 1.59 bits per heavy atom. The van der Waals surface area contributed by atoms with Crippen LogP contribution in [0.15, 0.2) is 24.3 Å². The highest BCUT2D eigenvalue weighted by atomic mass is 35.5. The number of nitrogens with one attached hydrogen (secondary N) is 1. The summed E-state index contributed by atoms with van der Waals surface area (Å²) in [7, 11) is 0. The minimum absolute atomic E-state index is 0.331. The third-order valence-electron chi connectivity index (χ3n) is 2.62. The molecule has 0 saturated carbocycles. The van der Waals surface area contributed by atoms with Crippen molar-refractivity contribution in [2.24, 2.45) is 0 Å². The SMILES string of the molecule is CCOC(=O)/C=C1/NCCc2ccc(Cl)cc21. The van der Waals surface area contributed by atoms with Crippen molar-refractivity contribution in [2.45, 2.75) is 13.3 Å².